The smallest absolute Gasteiger partial charge is 0.188 e. The van der Waals surface area contributed by atoms with Crippen molar-refractivity contribution in [1.82, 2.24) is 10.6 Å². The number of hydrogen-bond donors (Lipinski definition) is 7. The number of hydrogen-bond acceptors (Lipinski definition) is 9. The summed E-state index contributed by atoms with van der Waals surface area (Å²) in [6.45, 7) is 4.89. The molecule has 3 heterocycles. The van der Waals surface area contributed by atoms with Gasteiger partial charge in [-0.25, -0.2) is 0 Å². The van der Waals surface area contributed by atoms with E-state index in [0.717, 1.165) is 87.7 Å². The van der Waals surface area contributed by atoms with Crippen LogP contribution in [-0.4, -0.2) is 72.5 Å². The number of Topliss-reactive ketones (excluding diaryl/α,β-unsaturated/α-hetero) is 1. The van der Waals surface area contributed by atoms with Gasteiger partial charge >= 0.3 is 0 Å². The summed E-state index contributed by atoms with van der Waals surface area (Å²) in [6.07, 6.45) is 7.77. The SMILES string of the molecule is CC#Cc1ccc(-c2ccc(C(=O)[C@H]3CC[C@H]4C[C@]35C[C@@H]([C@@H]3C#Cc6c(cc(O)cc6NC[C@](C)(O)Cc6cccc(c6)C3)C[C@H]4NC(N)=NC)[C@@]3(CC[C@@H](CNC)[C@@H]3CO)C5)s2)s1. The van der Waals surface area contributed by atoms with Crippen LogP contribution in [0.2, 0.25) is 0 Å². The van der Waals surface area contributed by atoms with Crippen LogP contribution in [-0.2, 0) is 19.3 Å². The molecule has 5 aliphatic rings. The fraction of sp³-hybridized carbons (Fsp3) is 0.509. The first-order valence-electron chi connectivity index (χ1n) is 23.2. The van der Waals surface area contributed by atoms with E-state index < -0.39 is 5.60 Å². The Morgan fingerprint density at radius 3 is 2.66 bits per heavy atom. The number of nitrogens with zero attached hydrogens (tertiary/aromatic N) is 1. The van der Waals surface area contributed by atoms with Gasteiger partial charge in [0, 0.05) is 60.3 Å². The highest BCUT2D eigenvalue weighted by Gasteiger charge is 2.66. The number of carbonyl (C=O) groups excluding carboxylic acids is 1. The molecule has 0 saturated heterocycles. The second kappa shape index (κ2) is 18.0. The Kier molecular flexibility index (Phi) is 12.5. The molecule has 10 atom stereocenters. The topological polar surface area (TPSA) is 152 Å². The lowest BCUT2D eigenvalue weighted by Crippen LogP contribution is -2.50. The molecule has 1 aliphatic heterocycles. The Hall–Kier alpha value is -4.62. The molecule has 2 spiro atoms. The molecule has 2 aromatic heterocycles. The van der Waals surface area contributed by atoms with Gasteiger partial charge in [-0.15, -0.1) is 28.6 Å². The minimum absolute atomic E-state index is 0.0456. The number of phenols is 1. The number of β-amino-alcohol motifs (C(OH)–C–C–N with tert-alkyl or cyclic N) is 1. The predicted octanol–water partition coefficient (Wildman–Crippen LogP) is 7.86. The van der Waals surface area contributed by atoms with Crippen LogP contribution in [0.15, 0.2) is 65.7 Å². The van der Waals surface area contributed by atoms with Crippen LogP contribution >= 0.6 is 22.7 Å². The zero-order valence-electron chi connectivity index (χ0n) is 37.6. The van der Waals surface area contributed by atoms with Crippen molar-refractivity contribution >= 4 is 40.1 Å². The zero-order valence-corrected chi connectivity index (χ0v) is 39.2. The number of fused-ring (bicyclic) bond motifs is 7. The summed E-state index contributed by atoms with van der Waals surface area (Å²) >= 11 is 3.27. The number of ketones is 1. The maximum atomic E-state index is 15.5. The van der Waals surface area contributed by atoms with E-state index in [1.807, 2.05) is 33.0 Å². The van der Waals surface area contributed by atoms with Gasteiger partial charge in [-0.1, -0.05) is 42.0 Å². The third-order valence-corrected chi connectivity index (χ3v) is 18.1. The highest BCUT2D eigenvalue weighted by Crippen LogP contribution is 2.71. The van der Waals surface area contributed by atoms with Crippen molar-refractivity contribution in [2.45, 2.75) is 89.7 Å². The molecule has 3 fully saturated rings. The van der Waals surface area contributed by atoms with Crippen LogP contribution in [0.3, 0.4) is 0 Å². The van der Waals surface area contributed by atoms with E-state index in [1.54, 1.807) is 35.8 Å². The highest BCUT2D eigenvalue weighted by atomic mass is 32.1. The maximum absolute atomic E-state index is 15.5. The average Bonchev–Trinajstić information content (AvgIpc) is 4.08. The summed E-state index contributed by atoms with van der Waals surface area (Å²) in [6, 6.07) is 20.4. The molecule has 7 bridgehead atoms. The van der Waals surface area contributed by atoms with Crippen molar-refractivity contribution in [3.8, 4) is 39.2 Å². The fourth-order valence-corrected chi connectivity index (χ4v) is 15.3. The number of aliphatic hydroxyl groups is 2. The van der Waals surface area contributed by atoms with E-state index in [1.165, 1.54) is 5.56 Å². The number of aliphatic hydroxyl groups excluding tert-OH is 1. The summed E-state index contributed by atoms with van der Waals surface area (Å²) in [5.74, 6) is 14.9. The van der Waals surface area contributed by atoms with Gasteiger partial charge in [0.05, 0.1) is 26.6 Å². The first kappa shape index (κ1) is 44.6. The Morgan fingerprint density at radius 1 is 1.05 bits per heavy atom. The first-order valence-corrected chi connectivity index (χ1v) is 24.8. The number of aliphatic imine (C=N–C) groups is 1. The average molecular weight is 898 g/mol. The van der Waals surface area contributed by atoms with Crippen molar-refractivity contribution in [2.75, 3.05) is 39.1 Å². The molecular weight excluding hydrogens is 835 g/mol. The minimum atomic E-state index is -1.08. The summed E-state index contributed by atoms with van der Waals surface area (Å²) in [4.78, 5) is 23.9. The van der Waals surface area contributed by atoms with E-state index in [0.29, 0.717) is 36.8 Å². The summed E-state index contributed by atoms with van der Waals surface area (Å²) in [7, 11) is 3.71. The number of nitrogens with two attached hydrogens (primary N) is 1. The molecule has 8 N–H and O–H groups in total. The number of nitrogens with one attached hydrogen (secondary N) is 3. The molecule has 64 heavy (non-hydrogen) atoms. The first-order chi connectivity index (χ1) is 30.9. The van der Waals surface area contributed by atoms with Gasteiger partial charge in [-0.2, -0.15) is 0 Å². The number of carbonyl (C=O) groups is 1. The maximum Gasteiger partial charge on any atom is 0.188 e. The molecule has 4 aliphatic carbocycles. The van der Waals surface area contributed by atoms with Gasteiger partial charge in [0.2, 0.25) is 0 Å². The quantitative estimate of drug-likeness (QED) is 0.0429. The molecule has 0 unspecified atom stereocenters. The lowest BCUT2D eigenvalue weighted by Gasteiger charge is -2.48. The Morgan fingerprint density at radius 2 is 1.86 bits per heavy atom. The molecule has 0 amide bonds. The van der Waals surface area contributed by atoms with E-state index in [9.17, 15) is 15.3 Å². The zero-order chi connectivity index (χ0) is 44.8. The Labute approximate surface area is 386 Å². The van der Waals surface area contributed by atoms with Gasteiger partial charge in [0.25, 0.3) is 0 Å². The van der Waals surface area contributed by atoms with E-state index >= 15 is 4.79 Å². The molecule has 336 valence electrons. The van der Waals surface area contributed by atoms with E-state index in [4.69, 9.17) is 5.73 Å². The Bertz CT molecular complexity index is 2560. The van der Waals surface area contributed by atoms with Crippen molar-refractivity contribution in [3.63, 3.8) is 0 Å². The van der Waals surface area contributed by atoms with Crippen molar-refractivity contribution in [2.24, 2.45) is 57.1 Å². The third kappa shape index (κ3) is 8.51. The number of guanidine groups is 1. The summed E-state index contributed by atoms with van der Waals surface area (Å²) in [5.41, 5.74) is 9.52. The Balaban J connectivity index is 1.24. The fourth-order valence-electron chi connectivity index (χ4n) is 13.3. The second-order valence-electron chi connectivity index (χ2n) is 19.9. The van der Waals surface area contributed by atoms with Crippen LogP contribution < -0.4 is 21.7 Å². The van der Waals surface area contributed by atoms with Gasteiger partial charge in [-0.3, -0.25) is 9.79 Å². The summed E-state index contributed by atoms with van der Waals surface area (Å²) < 4.78 is 0. The summed E-state index contributed by atoms with van der Waals surface area (Å²) in [5, 5.41) is 45.4. The van der Waals surface area contributed by atoms with Crippen LogP contribution in [0.1, 0.15) is 95.6 Å². The number of thiophene rings is 2. The van der Waals surface area contributed by atoms with E-state index in [-0.39, 0.29) is 71.1 Å². The molecule has 3 saturated carbocycles. The number of rotatable bonds is 7. The van der Waals surface area contributed by atoms with Crippen molar-refractivity contribution < 1.29 is 20.1 Å². The van der Waals surface area contributed by atoms with Crippen LogP contribution in [0.25, 0.3) is 9.75 Å². The van der Waals surface area contributed by atoms with Crippen LogP contribution in [0.5, 0.6) is 5.75 Å². The number of anilines is 1. The number of phenolic OH excluding ortho intramolecular Hbond substituents is 1. The van der Waals surface area contributed by atoms with Gasteiger partial charge in [0.15, 0.2) is 11.7 Å². The highest BCUT2D eigenvalue weighted by molar-refractivity contribution is 7.23. The largest absolute Gasteiger partial charge is 0.508 e. The van der Waals surface area contributed by atoms with Crippen molar-refractivity contribution in [3.05, 3.63) is 92.7 Å². The molecule has 2 aromatic carbocycles. The molecular formula is C53H63N5O4S2. The van der Waals surface area contributed by atoms with Crippen LogP contribution in [0, 0.1) is 70.0 Å². The van der Waals surface area contributed by atoms with Gasteiger partial charge in [-0.05, 0) is 167 Å². The standard InChI is InChI=1S/C53H63N5O4S2/c1-5-7-39-12-15-46(63-39)47-16-17-48(64-47)49(61)41-14-11-35-26-52(41)27-42(53(30-52)19-18-36(28-55-3)43(53)29-59)34-10-13-40-37(23-44(35)58-50(54)56-4)22-38(60)24-45(40)57-31-51(2,62)25-33-9-6-8-32(20-33)21-34/h6,8-9,12,15-17,20,22,24,34-36,41-44,55,57,59-60,62H,11,14,18-19,21,23,25-31H2,1-4H3,(H3,54,56,58)/t34-,35+,36+,41-,42+,43+,44-,51-,52-,53-/m1/s1. The van der Waals surface area contributed by atoms with Crippen LogP contribution in [0.4, 0.5) is 5.69 Å². The monoisotopic (exact) mass is 897 g/mol. The number of benzene rings is 2. The lowest BCUT2D eigenvalue weighted by atomic mass is 9.57. The van der Waals surface area contributed by atoms with Gasteiger partial charge < -0.3 is 37.0 Å². The number of aromatic hydroxyl groups is 1. The van der Waals surface area contributed by atoms with Crippen molar-refractivity contribution in [1.29, 1.82) is 0 Å². The minimum Gasteiger partial charge on any atom is -0.508 e. The normalized spacial score (nSPS) is 32.0. The molecule has 11 heteroatoms. The van der Waals surface area contributed by atoms with E-state index in [2.05, 4.69) is 87.1 Å². The molecule has 9 nitrogen and oxygen atoms in total. The lowest BCUT2D eigenvalue weighted by molar-refractivity contribution is 0.0159. The third-order valence-electron chi connectivity index (χ3n) is 15.8. The van der Waals surface area contributed by atoms with Gasteiger partial charge in [0.1, 0.15) is 5.75 Å². The molecule has 4 aromatic rings. The second-order valence-corrected chi connectivity index (χ2v) is 22.1. The molecule has 9 rings (SSSR count). The predicted molar refractivity (Wildman–Crippen MR) is 260 cm³/mol. The molecule has 0 radical (unpaired) electrons.